The molecule has 1 amide bonds. The average Bonchev–Trinajstić information content (AvgIpc) is 2.56. The second-order valence-electron chi connectivity index (χ2n) is 5.86. The lowest BCUT2D eigenvalue weighted by atomic mass is 9.97. The molecule has 7 heteroatoms. The number of hydrogen-bond acceptors (Lipinski definition) is 4. The summed E-state index contributed by atoms with van der Waals surface area (Å²) in [6.45, 7) is 3.09. The highest BCUT2D eigenvalue weighted by Gasteiger charge is 2.32. The van der Waals surface area contributed by atoms with E-state index in [4.69, 9.17) is 4.74 Å². The van der Waals surface area contributed by atoms with Crippen molar-refractivity contribution in [3.63, 3.8) is 0 Å². The van der Waals surface area contributed by atoms with Gasteiger partial charge in [-0.15, -0.1) is 0 Å². The van der Waals surface area contributed by atoms with Gasteiger partial charge in [0.15, 0.2) is 0 Å². The molecule has 1 heterocycles. The lowest BCUT2D eigenvalue weighted by molar-refractivity contribution is -0.127. The highest BCUT2D eigenvalue weighted by molar-refractivity contribution is 7.89. The Morgan fingerprint density at radius 3 is 2.48 bits per heavy atom. The van der Waals surface area contributed by atoms with Gasteiger partial charge in [-0.1, -0.05) is 18.2 Å². The number of amides is 1. The van der Waals surface area contributed by atoms with Gasteiger partial charge in [0, 0.05) is 32.2 Å². The lowest BCUT2D eigenvalue weighted by Gasteiger charge is -2.31. The topological polar surface area (TPSA) is 75.7 Å². The molecule has 0 aliphatic carbocycles. The first-order valence-corrected chi connectivity index (χ1v) is 9.23. The van der Waals surface area contributed by atoms with Gasteiger partial charge in [-0.25, -0.2) is 8.42 Å². The van der Waals surface area contributed by atoms with Crippen molar-refractivity contribution < 1.29 is 17.9 Å². The Kier molecular flexibility index (Phi) is 6.15. The number of sulfonamides is 1. The van der Waals surface area contributed by atoms with E-state index < -0.39 is 10.0 Å². The zero-order valence-electron chi connectivity index (χ0n) is 13.6. The Morgan fingerprint density at radius 2 is 1.91 bits per heavy atom. The molecule has 6 nitrogen and oxygen atoms in total. The molecular weight excluding hydrogens is 316 g/mol. The second kappa shape index (κ2) is 7.90. The van der Waals surface area contributed by atoms with E-state index in [0.29, 0.717) is 37.4 Å². The van der Waals surface area contributed by atoms with Crippen LogP contribution in [0.15, 0.2) is 35.2 Å². The summed E-state index contributed by atoms with van der Waals surface area (Å²) in [6.07, 6.45) is 1.08. The van der Waals surface area contributed by atoms with Gasteiger partial charge in [-0.2, -0.15) is 4.31 Å². The van der Waals surface area contributed by atoms with E-state index in [9.17, 15) is 13.2 Å². The van der Waals surface area contributed by atoms with Crippen molar-refractivity contribution in [3.05, 3.63) is 30.3 Å². The van der Waals surface area contributed by atoms with Gasteiger partial charge in [0.05, 0.1) is 11.5 Å². The maximum Gasteiger partial charge on any atom is 0.243 e. The first kappa shape index (κ1) is 17.9. The predicted molar refractivity (Wildman–Crippen MR) is 87.4 cm³/mol. The van der Waals surface area contributed by atoms with Crippen molar-refractivity contribution in [2.45, 2.75) is 30.7 Å². The molecule has 23 heavy (non-hydrogen) atoms. The molecule has 0 radical (unpaired) electrons. The molecule has 1 aliphatic rings. The first-order valence-electron chi connectivity index (χ1n) is 7.79. The third kappa shape index (κ3) is 4.53. The number of carbonyl (C=O) groups is 1. The van der Waals surface area contributed by atoms with Crippen LogP contribution in [0.25, 0.3) is 0 Å². The third-order valence-electron chi connectivity index (χ3n) is 4.01. The second-order valence-corrected chi connectivity index (χ2v) is 7.79. The molecule has 1 aromatic rings. The molecule has 1 aromatic carbocycles. The average molecular weight is 340 g/mol. The van der Waals surface area contributed by atoms with Crippen LogP contribution >= 0.6 is 0 Å². The smallest absolute Gasteiger partial charge is 0.243 e. The van der Waals surface area contributed by atoms with Crippen LogP contribution in [0.2, 0.25) is 0 Å². The van der Waals surface area contributed by atoms with E-state index in [1.165, 1.54) is 4.31 Å². The van der Waals surface area contributed by atoms with Gasteiger partial charge in [0.1, 0.15) is 0 Å². The van der Waals surface area contributed by atoms with Crippen molar-refractivity contribution in [1.29, 1.82) is 0 Å². The van der Waals surface area contributed by atoms with Gasteiger partial charge in [0.2, 0.25) is 15.9 Å². The van der Waals surface area contributed by atoms with E-state index >= 15 is 0 Å². The molecule has 0 spiro atoms. The molecule has 0 unspecified atom stereocenters. The van der Waals surface area contributed by atoms with Gasteiger partial charge in [0.25, 0.3) is 0 Å². The largest absolute Gasteiger partial charge is 0.383 e. The molecule has 128 valence electrons. The Balaban J connectivity index is 1.92. The van der Waals surface area contributed by atoms with E-state index in [-0.39, 0.29) is 17.9 Å². The van der Waals surface area contributed by atoms with Crippen LogP contribution in [0.3, 0.4) is 0 Å². The van der Waals surface area contributed by atoms with E-state index in [0.717, 1.165) is 0 Å². The van der Waals surface area contributed by atoms with Crippen LogP contribution in [0.5, 0.6) is 0 Å². The van der Waals surface area contributed by atoms with Gasteiger partial charge >= 0.3 is 0 Å². The lowest BCUT2D eigenvalue weighted by Crippen LogP contribution is -2.45. The number of rotatable bonds is 6. The van der Waals surface area contributed by atoms with Crippen LogP contribution in [0, 0.1) is 5.92 Å². The van der Waals surface area contributed by atoms with Gasteiger partial charge in [-0.05, 0) is 31.9 Å². The summed E-state index contributed by atoms with van der Waals surface area (Å²) >= 11 is 0. The molecule has 1 aliphatic heterocycles. The zero-order chi connectivity index (χ0) is 16.9. The normalized spacial score (nSPS) is 18.5. The molecule has 0 aromatic heterocycles. The van der Waals surface area contributed by atoms with Crippen LogP contribution in [0.4, 0.5) is 0 Å². The van der Waals surface area contributed by atoms with Crippen molar-refractivity contribution in [3.8, 4) is 0 Å². The van der Waals surface area contributed by atoms with E-state index in [2.05, 4.69) is 5.32 Å². The van der Waals surface area contributed by atoms with Crippen molar-refractivity contribution in [1.82, 2.24) is 9.62 Å². The summed E-state index contributed by atoms with van der Waals surface area (Å²) in [6, 6.07) is 8.37. The van der Waals surface area contributed by atoms with Crippen LogP contribution < -0.4 is 5.32 Å². The number of carbonyl (C=O) groups excluding carboxylic acids is 1. The van der Waals surface area contributed by atoms with Crippen LogP contribution in [0.1, 0.15) is 19.8 Å². The predicted octanol–water partition coefficient (Wildman–Crippen LogP) is 1.24. The molecule has 1 atom stereocenters. The fourth-order valence-electron chi connectivity index (χ4n) is 2.75. The van der Waals surface area contributed by atoms with Gasteiger partial charge < -0.3 is 10.1 Å². The third-order valence-corrected chi connectivity index (χ3v) is 5.92. The number of nitrogens with zero attached hydrogens (tertiary/aromatic N) is 1. The monoisotopic (exact) mass is 340 g/mol. The minimum Gasteiger partial charge on any atom is -0.383 e. The number of nitrogens with one attached hydrogen (secondary N) is 1. The summed E-state index contributed by atoms with van der Waals surface area (Å²) in [5.41, 5.74) is 0. The van der Waals surface area contributed by atoms with Crippen LogP contribution in [-0.2, 0) is 19.6 Å². The molecule has 0 saturated carbocycles. The Morgan fingerprint density at radius 1 is 1.30 bits per heavy atom. The maximum atomic E-state index is 12.5. The SMILES string of the molecule is COC[C@@H](C)NC(=O)C1CCN(S(=O)(=O)c2ccccc2)CC1. The number of piperidine rings is 1. The number of benzene rings is 1. The maximum absolute atomic E-state index is 12.5. The minimum atomic E-state index is -3.46. The molecule has 0 bridgehead atoms. The summed E-state index contributed by atoms with van der Waals surface area (Å²) < 4.78 is 31.5. The Hall–Kier alpha value is -1.44. The molecule has 1 N–H and O–H groups in total. The molecule has 1 saturated heterocycles. The summed E-state index contributed by atoms with van der Waals surface area (Å²) in [7, 11) is -1.87. The Labute approximate surface area is 137 Å². The minimum absolute atomic E-state index is 0.0219. The molecule has 2 rings (SSSR count). The highest BCUT2D eigenvalue weighted by atomic mass is 32.2. The summed E-state index contributed by atoms with van der Waals surface area (Å²) in [5, 5.41) is 2.90. The number of ether oxygens (including phenoxy) is 1. The van der Waals surface area contributed by atoms with E-state index in [1.807, 2.05) is 6.92 Å². The standard InChI is InChI=1S/C16H24N2O4S/c1-13(12-22-2)17-16(19)14-8-10-18(11-9-14)23(20,21)15-6-4-3-5-7-15/h3-7,13-14H,8-12H2,1-2H3,(H,17,19)/t13-/m1/s1. The zero-order valence-corrected chi connectivity index (χ0v) is 14.4. The van der Waals surface area contributed by atoms with Crippen molar-refractivity contribution in [2.75, 3.05) is 26.8 Å². The van der Waals surface area contributed by atoms with Crippen molar-refractivity contribution >= 4 is 15.9 Å². The van der Waals surface area contributed by atoms with E-state index in [1.54, 1.807) is 37.4 Å². The summed E-state index contributed by atoms with van der Waals surface area (Å²) in [5.74, 6) is -0.164. The fraction of sp³-hybridized carbons (Fsp3) is 0.562. The highest BCUT2D eigenvalue weighted by Crippen LogP contribution is 2.23. The fourth-order valence-corrected chi connectivity index (χ4v) is 4.24. The Bertz CT molecular complexity index is 610. The first-order chi connectivity index (χ1) is 10.9. The van der Waals surface area contributed by atoms with Crippen molar-refractivity contribution in [2.24, 2.45) is 5.92 Å². The quantitative estimate of drug-likeness (QED) is 0.845. The summed E-state index contributed by atoms with van der Waals surface area (Å²) in [4.78, 5) is 12.5. The number of hydrogen-bond donors (Lipinski definition) is 1. The van der Waals surface area contributed by atoms with Crippen LogP contribution in [-0.4, -0.2) is 51.5 Å². The van der Waals surface area contributed by atoms with Gasteiger partial charge in [-0.3, -0.25) is 4.79 Å². The number of methoxy groups -OCH3 is 1. The molecular formula is C16H24N2O4S. The molecule has 1 fully saturated rings.